The van der Waals surface area contributed by atoms with Crippen LogP contribution in [0.15, 0.2) is 24.4 Å². The Morgan fingerprint density at radius 2 is 2.06 bits per heavy atom. The SMILES string of the molecule is COc1ccc(C(F)(F)F)cc1-c1cnc(N)s1. The van der Waals surface area contributed by atoms with Crippen molar-refractivity contribution >= 4 is 16.5 Å². The summed E-state index contributed by atoms with van der Waals surface area (Å²) in [6, 6.07) is 3.30. The molecule has 0 unspecified atom stereocenters. The van der Waals surface area contributed by atoms with E-state index in [1.165, 1.54) is 19.4 Å². The van der Waals surface area contributed by atoms with Crippen LogP contribution in [0, 0.1) is 0 Å². The van der Waals surface area contributed by atoms with Crippen molar-refractivity contribution in [3.63, 3.8) is 0 Å². The van der Waals surface area contributed by atoms with Crippen LogP contribution in [0.4, 0.5) is 18.3 Å². The van der Waals surface area contributed by atoms with Gasteiger partial charge in [0, 0.05) is 11.8 Å². The van der Waals surface area contributed by atoms with E-state index in [1.54, 1.807) is 0 Å². The zero-order chi connectivity index (χ0) is 13.3. The standard InChI is InChI=1S/C11H9F3N2OS/c1-17-8-3-2-6(11(12,13)14)4-7(8)9-5-16-10(15)18-9/h2-5H,1H3,(H2,15,16). The Kier molecular flexibility index (Phi) is 3.16. The zero-order valence-corrected chi connectivity index (χ0v) is 10.1. The first kappa shape index (κ1) is 12.7. The molecule has 0 spiro atoms. The summed E-state index contributed by atoms with van der Waals surface area (Å²) in [5, 5.41) is 0.296. The topological polar surface area (TPSA) is 48.1 Å². The summed E-state index contributed by atoms with van der Waals surface area (Å²) in [4.78, 5) is 4.36. The number of alkyl halides is 3. The van der Waals surface area contributed by atoms with Crippen molar-refractivity contribution in [2.24, 2.45) is 0 Å². The van der Waals surface area contributed by atoms with Gasteiger partial charge in [-0.1, -0.05) is 11.3 Å². The summed E-state index contributed by atoms with van der Waals surface area (Å²) < 4.78 is 43.0. The van der Waals surface area contributed by atoms with Gasteiger partial charge in [-0.05, 0) is 18.2 Å². The highest BCUT2D eigenvalue weighted by atomic mass is 32.1. The molecule has 0 saturated heterocycles. The normalized spacial score (nSPS) is 11.6. The summed E-state index contributed by atoms with van der Waals surface area (Å²) in [5.74, 6) is 0.353. The van der Waals surface area contributed by atoms with Crippen molar-refractivity contribution in [1.29, 1.82) is 0 Å². The Hall–Kier alpha value is -1.76. The van der Waals surface area contributed by atoms with E-state index >= 15 is 0 Å². The fourth-order valence-corrected chi connectivity index (χ4v) is 2.19. The fourth-order valence-electron chi connectivity index (χ4n) is 1.49. The number of hydrogen-bond acceptors (Lipinski definition) is 4. The lowest BCUT2D eigenvalue weighted by atomic mass is 10.1. The molecule has 0 aliphatic heterocycles. The van der Waals surface area contributed by atoms with Crippen molar-refractivity contribution in [1.82, 2.24) is 4.98 Å². The minimum Gasteiger partial charge on any atom is -0.496 e. The molecule has 0 fully saturated rings. The van der Waals surface area contributed by atoms with Crippen LogP contribution in [-0.2, 0) is 6.18 Å². The van der Waals surface area contributed by atoms with E-state index in [0.717, 1.165) is 23.5 Å². The Bertz CT molecular complexity index is 566. The number of ether oxygens (including phenoxy) is 1. The molecule has 0 radical (unpaired) electrons. The molecule has 1 aromatic carbocycles. The molecule has 0 bridgehead atoms. The van der Waals surface area contributed by atoms with Crippen LogP contribution < -0.4 is 10.5 Å². The van der Waals surface area contributed by atoms with E-state index in [0.29, 0.717) is 21.3 Å². The fraction of sp³-hybridized carbons (Fsp3) is 0.182. The lowest BCUT2D eigenvalue weighted by Crippen LogP contribution is -2.05. The second-order valence-corrected chi connectivity index (χ2v) is 4.54. The first-order valence-corrected chi connectivity index (χ1v) is 5.70. The molecule has 1 aromatic heterocycles. The zero-order valence-electron chi connectivity index (χ0n) is 9.28. The van der Waals surface area contributed by atoms with Gasteiger partial charge in [-0.2, -0.15) is 13.2 Å². The molecule has 2 N–H and O–H groups in total. The molecule has 0 atom stereocenters. The van der Waals surface area contributed by atoms with Crippen LogP contribution >= 0.6 is 11.3 Å². The summed E-state index contributed by atoms with van der Waals surface area (Å²) in [6.45, 7) is 0. The van der Waals surface area contributed by atoms with Gasteiger partial charge in [0.15, 0.2) is 5.13 Å². The van der Waals surface area contributed by atoms with E-state index in [9.17, 15) is 13.2 Å². The average molecular weight is 274 g/mol. The summed E-state index contributed by atoms with van der Waals surface area (Å²) in [5.41, 5.74) is 5.08. The largest absolute Gasteiger partial charge is 0.496 e. The van der Waals surface area contributed by atoms with Crippen LogP contribution in [0.5, 0.6) is 5.75 Å². The molecule has 2 rings (SSSR count). The molecule has 96 valence electrons. The van der Waals surface area contributed by atoms with Crippen molar-refractivity contribution in [2.75, 3.05) is 12.8 Å². The summed E-state index contributed by atoms with van der Waals surface area (Å²) in [6.07, 6.45) is -2.96. The van der Waals surface area contributed by atoms with Gasteiger partial charge in [-0.25, -0.2) is 4.98 Å². The quantitative estimate of drug-likeness (QED) is 0.912. The van der Waals surface area contributed by atoms with Crippen LogP contribution in [-0.4, -0.2) is 12.1 Å². The number of aromatic nitrogens is 1. The van der Waals surface area contributed by atoms with Crippen LogP contribution in [0.3, 0.4) is 0 Å². The van der Waals surface area contributed by atoms with Crippen molar-refractivity contribution in [2.45, 2.75) is 6.18 Å². The number of methoxy groups -OCH3 is 1. The van der Waals surface area contributed by atoms with Crippen molar-refractivity contribution in [3.8, 4) is 16.2 Å². The summed E-state index contributed by atoms with van der Waals surface area (Å²) >= 11 is 1.11. The molecule has 7 heteroatoms. The molecule has 0 aliphatic rings. The number of nitrogen functional groups attached to an aromatic ring is 1. The molecular weight excluding hydrogens is 265 g/mol. The maximum atomic E-state index is 12.6. The number of anilines is 1. The second kappa shape index (κ2) is 4.49. The highest BCUT2D eigenvalue weighted by Crippen LogP contribution is 2.39. The Morgan fingerprint density at radius 1 is 1.33 bits per heavy atom. The third-order valence-corrected chi connectivity index (χ3v) is 3.18. The molecule has 0 aliphatic carbocycles. The number of nitrogens with zero attached hydrogens (tertiary/aromatic N) is 1. The van der Waals surface area contributed by atoms with E-state index in [1.807, 2.05) is 0 Å². The lowest BCUT2D eigenvalue weighted by molar-refractivity contribution is -0.137. The second-order valence-electron chi connectivity index (χ2n) is 3.48. The Morgan fingerprint density at radius 3 is 2.56 bits per heavy atom. The third-order valence-electron chi connectivity index (χ3n) is 2.32. The van der Waals surface area contributed by atoms with E-state index in [2.05, 4.69) is 4.98 Å². The van der Waals surface area contributed by atoms with E-state index < -0.39 is 11.7 Å². The highest BCUT2D eigenvalue weighted by Gasteiger charge is 2.31. The van der Waals surface area contributed by atoms with E-state index in [-0.39, 0.29) is 0 Å². The first-order chi connectivity index (χ1) is 8.41. The average Bonchev–Trinajstić information content (AvgIpc) is 2.73. The smallest absolute Gasteiger partial charge is 0.416 e. The van der Waals surface area contributed by atoms with Gasteiger partial charge in [0.25, 0.3) is 0 Å². The number of halogens is 3. The number of thiazole rings is 1. The van der Waals surface area contributed by atoms with Gasteiger partial charge in [-0.3, -0.25) is 0 Å². The predicted octanol–water partition coefficient (Wildman–Crippen LogP) is 3.42. The van der Waals surface area contributed by atoms with Gasteiger partial charge in [0.2, 0.25) is 0 Å². The Balaban J connectivity index is 2.56. The first-order valence-electron chi connectivity index (χ1n) is 4.88. The maximum absolute atomic E-state index is 12.6. The number of rotatable bonds is 2. The van der Waals surface area contributed by atoms with Crippen molar-refractivity contribution in [3.05, 3.63) is 30.0 Å². The van der Waals surface area contributed by atoms with Gasteiger partial charge in [0.1, 0.15) is 5.75 Å². The number of benzene rings is 1. The molecule has 0 saturated carbocycles. The molecule has 2 aromatic rings. The monoisotopic (exact) mass is 274 g/mol. The van der Waals surface area contributed by atoms with Crippen LogP contribution in [0.2, 0.25) is 0 Å². The van der Waals surface area contributed by atoms with Gasteiger partial charge in [0.05, 0.1) is 17.6 Å². The molecule has 18 heavy (non-hydrogen) atoms. The minimum atomic E-state index is -4.39. The third kappa shape index (κ3) is 2.40. The maximum Gasteiger partial charge on any atom is 0.416 e. The Labute approximate surface area is 105 Å². The van der Waals surface area contributed by atoms with Gasteiger partial charge >= 0.3 is 6.18 Å². The molecule has 0 amide bonds. The van der Waals surface area contributed by atoms with E-state index in [4.69, 9.17) is 10.5 Å². The van der Waals surface area contributed by atoms with Crippen molar-refractivity contribution < 1.29 is 17.9 Å². The number of hydrogen-bond donors (Lipinski definition) is 1. The lowest BCUT2D eigenvalue weighted by Gasteiger charge is -2.11. The minimum absolute atomic E-state index is 0.296. The molecule has 1 heterocycles. The van der Waals surface area contributed by atoms with Gasteiger partial charge in [-0.15, -0.1) is 0 Å². The number of nitrogens with two attached hydrogens (primary N) is 1. The molecular formula is C11H9F3N2OS. The van der Waals surface area contributed by atoms with Crippen LogP contribution in [0.1, 0.15) is 5.56 Å². The predicted molar refractivity (Wildman–Crippen MR) is 63.5 cm³/mol. The highest BCUT2D eigenvalue weighted by molar-refractivity contribution is 7.18. The molecule has 3 nitrogen and oxygen atoms in total. The van der Waals surface area contributed by atoms with Gasteiger partial charge < -0.3 is 10.5 Å². The summed E-state index contributed by atoms with van der Waals surface area (Å²) in [7, 11) is 1.40. The van der Waals surface area contributed by atoms with Crippen LogP contribution in [0.25, 0.3) is 10.4 Å².